The van der Waals surface area contributed by atoms with Crippen molar-refractivity contribution < 1.29 is 4.79 Å². The topological polar surface area (TPSA) is 55.7 Å². The molecule has 2 rings (SSSR count). The summed E-state index contributed by atoms with van der Waals surface area (Å²) in [4.78, 5) is 24.2. The summed E-state index contributed by atoms with van der Waals surface area (Å²) >= 11 is 1.52. The number of carbonyl (C=O) groups excluding carboxylic acids is 1. The van der Waals surface area contributed by atoms with Crippen LogP contribution in [0.2, 0.25) is 0 Å². The fourth-order valence-corrected chi connectivity index (χ4v) is 2.44. The van der Waals surface area contributed by atoms with Gasteiger partial charge in [-0.25, -0.2) is 15.0 Å². The lowest BCUT2D eigenvalue weighted by Gasteiger charge is -2.14. The average molecular weight is 261 g/mol. The van der Waals surface area contributed by atoms with Gasteiger partial charge in [0.05, 0.1) is 12.1 Å². The van der Waals surface area contributed by atoms with Crippen LogP contribution in [0.4, 0.5) is 0 Å². The zero-order valence-electron chi connectivity index (χ0n) is 10.7. The Morgan fingerprint density at radius 2 is 2.17 bits per heavy atom. The van der Waals surface area contributed by atoms with Crippen molar-refractivity contribution in [2.45, 2.75) is 32.6 Å². The fraction of sp³-hybridized carbons (Fsp3) is 0.385. The quantitative estimate of drug-likeness (QED) is 0.797. The molecular formula is C13H15N3OS. The van der Waals surface area contributed by atoms with Gasteiger partial charge >= 0.3 is 0 Å². The van der Waals surface area contributed by atoms with Gasteiger partial charge in [-0.1, -0.05) is 20.8 Å². The number of hydrogen-bond acceptors (Lipinski definition) is 5. The van der Waals surface area contributed by atoms with Crippen LogP contribution in [0, 0.1) is 0 Å². The van der Waals surface area contributed by atoms with Crippen LogP contribution < -0.4 is 0 Å². The summed E-state index contributed by atoms with van der Waals surface area (Å²) in [6.45, 7) is 6.33. The average Bonchev–Trinajstić information content (AvgIpc) is 2.78. The molecule has 5 heteroatoms. The summed E-state index contributed by atoms with van der Waals surface area (Å²) in [5, 5.41) is 2.85. The predicted octanol–water partition coefficient (Wildman–Crippen LogP) is 2.66. The fourth-order valence-electron chi connectivity index (χ4n) is 1.42. The Morgan fingerprint density at radius 3 is 2.72 bits per heavy atom. The summed E-state index contributed by atoms with van der Waals surface area (Å²) in [6, 6.07) is 1.63. The molecule has 94 valence electrons. The van der Waals surface area contributed by atoms with Crippen LogP contribution in [0.1, 0.15) is 42.0 Å². The van der Waals surface area contributed by atoms with Gasteiger partial charge in [0.2, 0.25) is 0 Å². The highest BCUT2D eigenvalue weighted by atomic mass is 32.1. The van der Waals surface area contributed by atoms with Crippen molar-refractivity contribution in [2.75, 3.05) is 0 Å². The van der Waals surface area contributed by atoms with Gasteiger partial charge in [-0.2, -0.15) is 0 Å². The molecule has 0 atom stereocenters. The number of ketones is 1. The van der Waals surface area contributed by atoms with E-state index in [2.05, 4.69) is 35.7 Å². The molecule has 0 N–H and O–H groups in total. The van der Waals surface area contributed by atoms with Crippen molar-refractivity contribution in [2.24, 2.45) is 0 Å². The molecule has 2 aromatic heterocycles. The van der Waals surface area contributed by atoms with Crippen molar-refractivity contribution in [3.63, 3.8) is 0 Å². The molecule has 0 aliphatic rings. The first-order chi connectivity index (χ1) is 8.47. The number of nitrogens with zero attached hydrogens (tertiary/aromatic N) is 3. The van der Waals surface area contributed by atoms with Gasteiger partial charge < -0.3 is 0 Å². The SMILES string of the molecule is CC(C)(C)c1csc(CC(=O)c2ccncn2)n1. The molecule has 0 amide bonds. The van der Waals surface area contributed by atoms with Gasteiger partial charge in [0.25, 0.3) is 0 Å². The first-order valence-corrected chi connectivity index (χ1v) is 6.59. The van der Waals surface area contributed by atoms with Gasteiger partial charge in [-0.05, 0) is 6.07 Å². The third-order valence-corrected chi connectivity index (χ3v) is 3.35. The minimum Gasteiger partial charge on any atom is -0.292 e. The van der Waals surface area contributed by atoms with Crippen LogP contribution in [0.5, 0.6) is 0 Å². The first-order valence-electron chi connectivity index (χ1n) is 5.71. The Morgan fingerprint density at radius 1 is 1.39 bits per heavy atom. The zero-order valence-corrected chi connectivity index (χ0v) is 11.5. The lowest BCUT2D eigenvalue weighted by molar-refractivity contribution is 0.0988. The Kier molecular flexibility index (Phi) is 3.52. The number of carbonyl (C=O) groups is 1. The Balaban J connectivity index is 2.11. The molecule has 0 aromatic carbocycles. The van der Waals surface area contributed by atoms with Crippen LogP contribution in [-0.4, -0.2) is 20.7 Å². The van der Waals surface area contributed by atoms with E-state index in [0.717, 1.165) is 10.7 Å². The van der Waals surface area contributed by atoms with Gasteiger partial charge in [0.15, 0.2) is 5.78 Å². The van der Waals surface area contributed by atoms with Gasteiger partial charge in [0, 0.05) is 17.0 Å². The van der Waals surface area contributed by atoms with E-state index >= 15 is 0 Å². The van der Waals surface area contributed by atoms with E-state index in [9.17, 15) is 4.79 Å². The van der Waals surface area contributed by atoms with E-state index in [1.54, 1.807) is 12.3 Å². The minimum absolute atomic E-state index is 0.0206. The summed E-state index contributed by atoms with van der Waals surface area (Å²) in [5.74, 6) is -0.0211. The van der Waals surface area contributed by atoms with Crippen LogP contribution in [-0.2, 0) is 11.8 Å². The molecule has 0 saturated heterocycles. The molecule has 2 heterocycles. The summed E-state index contributed by atoms with van der Waals surface area (Å²) in [5.41, 5.74) is 1.49. The highest BCUT2D eigenvalue weighted by molar-refractivity contribution is 7.09. The van der Waals surface area contributed by atoms with Crippen molar-refractivity contribution in [3.8, 4) is 0 Å². The Hall–Kier alpha value is -1.62. The number of aromatic nitrogens is 3. The van der Waals surface area contributed by atoms with Crippen LogP contribution in [0.3, 0.4) is 0 Å². The second kappa shape index (κ2) is 4.94. The van der Waals surface area contributed by atoms with E-state index in [4.69, 9.17) is 0 Å². The second-order valence-electron chi connectivity index (χ2n) is 5.07. The van der Waals surface area contributed by atoms with E-state index in [0.29, 0.717) is 12.1 Å². The Labute approximate surface area is 110 Å². The molecule has 4 nitrogen and oxygen atoms in total. The molecule has 0 unspecified atom stereocenters. The van der Waals surface area contributed by atoms with Gasteiger partial charge in [0.1, 0.15) is 17.0 Å². The molecule has 2 aromatic rings. The van der Waals surface area contributed by atoms with Crippen molar-refractivity contribution in [3.05, 3.63) is 40.4 Å². The van der Waals surface area contributed by atoms with Crippen LogP contribution in [0.25, 0.3) is 0 Å². The smallest absolute Gasteiger partial charge is 0.188 e. The van der Waals surface area contributed by atoms with Gasteiger partial charge in [-0.3, -0.25) is 4.79 Å². The lowest BCUT2D eigenvalue weighted by Crippen LogP contribution is -2.12. The van der Waals surface area contributed by atoms with E-state index in [1.165, 1.54) is 17.7 Å². The normalized spacial score (nSPS) is 11.5. The third kappa shape index (κ3) is 2.98. The lowest BCUT2D eigenvalue weighted by atomic mass is 9.93. The molecule has 0 aliphatic carbocycles. The maximum Gasteiger partial charge on any atom is 0.188 e. The van der Waals surface area contributed by atoms with Crippen molar-refractivity contribution in [1.29, 1.82) is 0 Å². The van der Waals surface area contributed by atoms with Gasteiger partial charge in [-0.15, -0.1) is 11.3 Å². The summed E-state index contributed by atoms with van der Waals surface area (Å²) < 4.78 is 0. The number of thiazole rings is 1. The zero-order chi connectivity index (χ0) is 13.2. The number of rotatable bonds is 3. The highest BCUT2D eigenvalue weighted by Crippen LogP contribution is 2.24. The minimum atomic E-state index is -0.0211. The maximum atomic E-state index is 11.9. The van der Waals surface area contributed by atoms with E-state index in [1.807, 2.05) is 5.38 Å². The highest BCUT2D eigenvalue weighted by Gasteiger charge is 2.18. The maximum absolute atomic E-state index is 11.9. The Bertz CT molecular complexity index is 543. The molecule has 0 saturated carbocycles. The van der Waals surface area contributed by atoms with Crippen molar-refractivity contribution in [1.82, 2.24) is 15.0 Å². The summed E-state index contributed by atoms with van der Waals surface area (Å²) in [7, 11) is 0. The van der Waals surface area contributed by atoms with E-state index < -0.39 is 0 Å². The number of Topliss-reactive ketones (excluding diaryl/α,β-unsaturated/α-hetero) is 1. The van der Waals surface area contributed by atoms with Crippen LogP contribution in [0.15, 0.2) is 24.0 Å². The van der Waals surface area contributed by atoms with Crippen molar-refractivity contribution >= 4 is 17.1 Å². The first kappa shape index (κ1) is 12.8. The third-order valence-electron chi connectivity index (χ3n) is 2.50. The molecule has 0 bridgehead atoms. The standard InChI is InChI=1S/C13H15N3OS/c1-13(2,3)11-7-18-12(16-11)6-10(17)9-4-5-14-8-15-9/h4-5,7-8H,6H2,1-3H3. The number of hydrogen-bond donors (Lipinski definition) is 0. The van der Waals surface area contributed by atoms with E-state index in [-0.39, 0.29) is 11.2 Å². The molecular weight excluding hydrogens is 246 g/mol. The molecule has 0 aliphatic heterocycles. The molecule has 0 spiro atoms. The van der Waals surface area contributed by atoms with Crippen LogP contribution >= 0.6 is 11.3 Å². The molecule has 0 radical (unpaired) electrons. The second-order valence-corrected chi connectivity index (χ2v) is 6.01. The monoisotopic (exact) mass is 261 g/mol. The molecule has 0 fully saturated rings. The molecule has 18 heavy (non-hydrogen) atoms. The summed E-state index contributed by atoms with van der Waals surface area (Å²) in [6.07, 6.45) is 3.26. The predicted molar refractivity (Wildman–Crippen MR) is 70.9 cm³/mol. The largest absolute Gasteiger partial charge is 0.292 e.